The van der Waals surface area contributed by atoms with E-state index in [-0.39, 0.29) is 18.6 Å². The highest BCUT2D eigenvalue weighted by Crippen LogP contribution is 2.18. The van der Waals surface area contributed by atoms with E-state index in [1.165, 1.54) is 0 Å². The quantitative estimate of drug-likeness (QED) is 0.828. The van der Waals surface area contributed by atoms with Crippen LogP contribution in [-0.2, 0) is 0 Å². The minimum absolute atomic E-state index is 0.0304. The average Bonchev–Trinajstić information content (AvgIpc) is 2.43. The molecule has 1 amide bonds. The molecular weight excluding hydrogens is 240 g/mol. The second-order valence-electron chi connectivity index (χ2n) is 4.90. The Balaban J connectivity index is 2.85. The molecule has 0 fully saturated rings. The Labute approximate surface area is 115 Å². The number of hydrogen-bond donors (Lipinski definition) is 2. The van der Waals surface area contributed by atoms with Crippen LogP contribution in [0.2, 0.25) is 0 Å². The lowest BCUT2D eigenvalue weighted by Crippen LogP contribution is -2.37. The van der Waals surface area contributed by atoms with Crippen molar-refractivity contribution in [3.05, 3.63) is 29.3 Å². The molecule has 106 valence electrons. The second kappa shape index (κ2) is 7.14. The topological polar surface area (TPSA) is 52.6 Å². The van der Waals surface area contributed by atoms with Crippen molar-refractivity contribution in [2.75, 3.05) is 25.5 Å². The first-order valence-electron chi connectivity index (χ1n) is 6.73. The molecule has 0 heterocycles. The van der Waals surface area contributed by atoms with Crippen molar-refractivity contribution in [3.8, 4) is 0 Å². The number of carbonyl (C=O) groups excluding carboxylic acids is 1. The summed E-state index contributed by atoms with van der Waals surface area (Å²) in [7, 11) is 1.71. The zero-order chi connectivity index (χ0) is 14.4. The lowest BCUT2D eigenvalue weighted by molar-refractivity contribution is 0.0682. The van der Waals surface area contributed by atoms with Gasteiger partial charge in [0, 0.05) is 24.8 Å². The molecule has 1 rings (SSSR count). The predicted molar refractivity (Wildman–Crippen MR) is 78.6 cm³/mol. The Bertz CT molecular complexity index is 432. The number of rotatable bonds is 6. The van der Waals surface area contributed by atoms with E-state index < -0.39 is 0 Å². The summed E-state index contributed by atoms with van der Waals surface area (Å²) < 4.78 is 0. The number of aryl methyl sites for hydroxylation is 1. The van der Waals surface area contributed by atoms with Crippen LogP contribution in [0.4, 0.5) is 5.69 Å². The highest BCUT2D eigenvalue weighted by Gasteiger charge is 2.17. The van der Waals surface area contributed by atoms with Gasteiger partial charge in [-0.3, -0.25) is 4.79 Å². The number of aliphatic hydroxyl groups is 1. The van der Waals surface area contributed by atoms with E-state index in [9.17, 15) is 4.79 Å². The van der Waals surface area contributed by atoms with E-state index in [2.05, 4.69) is 12.2 Å². The maximum Gasteiger partial charge on any atom is 0.253 e. The van der Waals surface area contributed by atoms with Gasteiger partial charge in [-0.25, -0.2) is 0 Å². The monoisotopic (exact) mass is 264 g/mol. The van der Waals surface area contributed by atoms with Gasteiger partial charge in [-0.15, -0.1) is 0 Å². The number of carbonyl (C=O) groups is 1. The number of anilines is 1. The number of hydrogen-bond acceptors (Lipinski definition) is 3. The Kier molecular flexibility index (Phi) is 5.83. The number of likely N-dealkylation sites (N-methyl/N-ethyl adjacent to an activating group) is 1. The second-order valence-corrected chi connectivity index (χ2v) is 4.90. The number of nitrogens with one attached hydrogen (secondary N) is 1. The van der Waals surface area contributed by atoms with Crippen molar-refractivity contribution in [1.82, 2.24) is 4.90 Å². The third kappa shape index (κ3) is 3.96. The van der Waals surface area contributed by atoms with Crippen molar-refractivity contribution in [2.45, 2.75) is 33.2 Å². The molecule has 0 aliphatic carbocycles. The van der Waals surface area contributed by atoms with Gasteiger partial charge in [0.2, 0.25) is 0 Å². The van der Waals surface area contributed by atoms with Gasteiger partial charge < -0.3 is 15.3 Å². The van der Waals surface area contributed by atoms with Gasteiger partial charge in [-0.1, -0.05) is 6.92 Å². The molecule has 0 radical (unpaired) electrons. The molecule has 4 heteroatoms. The van der Waals surface area contributed by atoms with Crippen molar-refractivity contribution in [1.29, 1.82) is 0 Å². The van der Waals surface area contributed by atoms with Crippen LogP contribution in [0.15, 0.2) is 18.2 Å². The average molecular weight is 264 g/mol. The van der Waals surface area contributed by atoms with Crippen molar-refractivity contribution < 1.29 is 9.90 Å². The van der Waals surface area contributed by atoms with Gasteiger partial charge in [0.15, 0.2) is 0 Å². The fraction of sp³-hybridized carbons (Fsp3) is 0.533. The van der Waals surface area contributed by atoms with E-state index in [0.29, 0.717) is 5.56 Å². The fourth-order valence-electron chi connectivity index (χ4n) is 1.78. The normalized spacial score (nSPS) is 12.1. The molecule has 0 aliphatic rings. The predicted octanol–water partition coefficient (Wildman–Crippen LogP) is 2.27. The molecule has 1 aromatic carbocycles. The van der Waals surface area contributed by atoms with Crippen LogP contribution in [0, 0.1) is 6.92 Å². The Morgan fingerprint density at radius 1 is 1.47 bits per heavy atom. The van der Waals surface area contributed by atoms with Gasteiger partial charge in [0.1, 0.15) is 0 Å². The van der Waals surface area contributed by atoms with Crippen molar-refractivity contribution in [3.63, 3.8) is 0 Å². The molecule has 1 unspecified atom stereocenters. The van der Waals surface area contributed by atoms with Crippen LogP contribution in [0.5, 0.6) is 0 Å². The third-order valence-electron chi connectivity index (χ3n) is 3.28. The first kappa shape index (κ1) is 15.5. The van der Waals surface area contributed by atoms with Crippen molar-refractivity contribution in [2.24, 2.45) is 0 Å². The molecule has 2 N–H and O–H groups in total. The van der Waals surface area contributed by atoms with Gasteiger partial charge in [0.25, 0.3) is 5.91 Å². The Morgan fingerprint density at radius 2 is 2.16 bits per heavy atom. The molecule has 0 spiro atoms. The van der Waals surface area contributed by atoms with E-state index >= 15 is 0 Å². The Morgan fingerprint density at radius 3 is 2.68 bits per heavy atom. The lowest BCUT2D eigenvalue weighted by Gasteiger charge is -2.23. The summed E-state index contributed by atoms with van der Waals surface area (Å²) in [4.78, 5) is 13.8. The van der Waals surface area contributed by atoms with E-state index in [1.54, 1.807) is 11.9 Å². The van der Waals surface area contributed by atoms with Gasteiger partial charge in [-0.05, 0) is 44.0 Å². The summed E-state index contributed by atoms with van der Waals surface area (Å²) in [5.41, 5.74) is 2.78. The van der Waals surface area contributed by atoms with E-state index in [1.807, 2.05) is 32.0 Å². The molecule has 1 atom stereocenters. The standard InChI is InChI=1S/C15H24N2O2/c1-5-8-16-14-7-6-13(9-11(14)2)15(19)17(4)12(3)10-18/h6-7,9,12,16,18H,5,8,10H2,1-4H3. The van der Waals surface area contributed by atoms with Crippen LogP contribution in [-0.4, -0.2) is 42.2 Å². The highest BCUT2D eigenvalue weighted by molar-refractivity contribution is 5.95. The molecule has 0 saturated carbocycles. The molecular formula is C15H24N2O2. The number of nitrogens with zero attached hydrogens (tertiary/aromatic N) is 1. The van der Waals surface area contributed by atoms with Crippen LogP contribution >= 0.6 is 0 Å². The number of amides is 1. The third-order valence-corrected chi connectivity index (χ3v) is 3.28. The maximum atomic E-state index is 12.2. The summed E-state index contributed by atoms with van der Waals surface area (Å²) in [6.07, 6.45) is 1.07. The molecule has 0 aliphatic heterocycles. The lowest BCUT2D eigenvalue weighted by atomic mass is 10.1. The van der Waals surface area contributed by atoms with Gasteiger partial charge in [0.05, 0.1) is 12.6 Å². The minimum Gasteiger partial charge on any atom is -0.394 e. The first-order valence-corrected chi connectivity index (χ1v) is 6.73. The SMILES string of the molecule is CCCNc1ccc(C(=O)N(C)C(C)CO)cc1C. The summed E-state index contributed by atoms with van der Waals surface area (Å²) in [5.74, 6) is -0.0632. The molecule has 4 nitrogen and oxygen atoms in total. The van der Waals surface area contributed by atoms with Gasteiger partial charge in [-0.2, -0.15) is 0 Å². The minimum atomic E-state index is -0.175. The highest BCUT2D eigenvalue weighted by atomic mass is 16.3. The molecule has 1 aromatic rings. The van der Waals surface area contributed by atoms with Crippen LogP contribution in [0.25, 0.3) is 0 Å². The molecule has 0 bridgehead atoms. The molecule has 19 heavy (non-hydrogen) atoms. The summed E-state index contributed by atoms with van der Waals surface area (Å²) in [6, 6.07) is 5.48. The van der Waals surface area contributed by atoms with Crippen LogP contribution < -0.4 is 5.32 Å². The largest absolute Gasteiger partial charge is 0.394 e. The molecule has 0 aromatic heterocycles. The smallest absolute Gasteiger partial charge is 0.253 e. The fourth-order valence-corrected chi connectivity index (χ4v) is 1.78. The number of aliphatic hydroxyl groups excluding tert-OH is 1. The van der Waals surface area contributed by atoms with Crippen LogP contribution in [0.1, 0.15) is 36.2 Å². The Hall–Kier alpha value is -1.55. The van der Waals surface area contributed by atoms with Crippen molar-refractivity contribution >= 4 is 11.6 Å². The van der Waals surface area contributed by atoms with Gasteiger partial charge >= 0.3 is 0 Å². The summed E-state index contributed by atoms with van der Waals surface area (Å²) in [5, 5.41) is 12.4. The summed E-state index contributed by atoms with van der Waals surface area (Å²) in [6.45, 7) is 6.82. The zero-order valence-electron chi connectivity index (χ0n) is 12.2. The molecule has 0 saturated heterocycles. The zero-order valence-corrected chi connectivity index (χ0v) is 12.2. The maximum absolute atomic E-state index is 12.2. The summed E-state index contributed by atoms with van der Waals surface area (Å²) >= 11 is 0. The van der Waals surface area contributed by atoms with E-state index in [0.717, 1.165) is 24.2 Å². The first-order chi connectivity index (χ1) is 9.01. The number of benzene rings is 1. The van der Waals surface area contributed by atoms with E-state index in [4.69, 9.17) is 5.11 Å². The van der Waals surface area contributed by atoms with Crippen LogP contribution in [0.3, 0.4) is 0 Å².